The highest BCUT2D eigenvalue weighted by Crippen LogP contribution is 2.23. The molecule has 2 aromatic rings. The van der Waals surface area contributed by atoms with Crippen molar-refractivity contribution in [1.82, 2.24) is 19.8 Å². The molecule has 2 fully saturated rings. The number of anilines is 1. The van der Waals surface area contributed by atoms with Gasteiger partial charge in [-0.1, -0.05) is 12.1 Å². The van der Waals surface area contributed by atoms with E-state index in [-0.39, 0.29) is 17.7 Å². The average Bonchev–Trinajstić information content (AvgIpc) is 2.84. The van der Waals surface area contributed by atoms with Crippen LogP contribution >= 0.6 is 0 Å². The molecule has 0 bridgehead atoms. The van der Waals surface area contributed by atoms with E-state index in [4.69, 9.17) is 4.74 Å². The van der Waals surface area contributed by atoms with Gasteiger partial charge in [0, 0.05) is 57.6 Å². The third kappa shape index (κ3) is 5.13. The second-order valence-electron chi connectivity index (χ2n) is 8.04. The van der Waals surface area contributed by atoms with Crippen molar-refractivity contribution < 1.29 is 14.3 Å². The summed E-state index contributed by atoms with van der Waals surface area (Å²) >= 11 is 0. The highest BCUT2D eigenvalue weighted by Gasteiger charge is 2.31. The Morgan fingerprint density at radius 2 is 1.65 bits per heavy atom. The monoisotopic (exact) mass is 423 g/mol. The SMILES string of the molecule is COc1cccc(CC(=O)N2CCN(C(=O)C3CCN(c4ncccn4)CC3)CC2)c1. The summed E-state index contributed by atoms with van der Waals surface area (Å²) in [5.74, 6) is 1.84. The predicted octanol–water partition coefficient (Wildman–Crippen LogP) is 1.62. The summed E-state index contributed by atoms with van der Waals surface area (Å²) in [4.78, 5) is 40.2. The molecule has 2 aliphatic heterocycles. The molecular weight excluding hydrogens is 394 g/mol. The molecule has 2 amide bonds. The van der Waals surface area contributed by atoms with Gasteiger partial charge in [-0.2, -0.15) is 0 Å². The number of rotatable bonds is 5. The average molecular weight is 424 g/mol. The van der Waals surface area contributed by atoms with Crippen LogP contribution in [0, 0.1) is 5.92 Å². The van der Waals surface area contributed by atoms with Gasteiger partial charge in [0.2, 0.25) is 17.8 Å². The van der Waals surface area contributed by atoms with E-state index in [1.807, 2.05) is 34.1 Å². The van der Waals surface area contributed by atoms with Crippen molar-refractivity contribution in [1.29, 1.82) is 0 Å². The van der Waals surface area contributed by atoms with E-state index in [0.29, 0.717) is 32.6 Å². The fourth-order valence-corrected chi connectivity index (χ4v) is 4.28. The van der Waals surface area contributed by atoms with Gasteiger partial charge < -0.3 is 19.4 Å². The maximum Gasteiger partial charge on any atom is 0.227 e. The van der Waals surface area contributed by atoms with Gasteiger partial charge in [0.15, 0.2) is 0 Å². The molecule has 0 atom stereocenters. The zero-order valence-electron chi connectivity index (χ0n) is 17.9. The molecule has 8 nitrogen and oxygen atoms in total. The summed E-state index contributed by atoms with van der Waals surface area (Å²) in [6, 6.07) is 9.40. The molecule has 0 saturated carbocycles. The summed E-state index contributed by atoms with van der Waals surface area (Å²) in [5, 5.41) is 0. The predicted molar refractivity (Wildman–Crippen MR) is 117 cm³/mol. The summed E-state index contributed by atoms with van der Waals surface area (Å²) in [6.45, 7) is 3.96. The minimum absolute atomic E-state index is 0.0407. The van der Waals surface area contributed by atoms with Crippen LogP contribution in [0.15, 0.2) is 42.7 Å². The number of benzene rings is 1. The van der Waals surface area contributed by atoms with Gasteiger partial charge in [-0.25, -0.2) is 9.97 Å². The lowest BCUT2D eigenvalue weighted by molar-refractivity contribution is -0.142. The van der Waals surface area contributed by atoms with E-state index in [1.165, 1.54) is 0 Å². The van der Waals surface area contributed by atoms with Gasteiger partial charge in [-0.3, -0.25) is 9.59 Å². The van der Waals surface area contributed by atoms with Crippen LogP contribution in [0.3, 0.4) is 0 Å². The summed E-state index contributed by atoms with van der Waals surface area (Å²) < 4.78 is 5.23. The Balaban J connectivity index is 1.24. The van der Waals surface area contributed by atoms with Crippen LogP contribution in [-0.2, 0) is 16.0 Å². The molecule has 0 aliphatic carbocycles. The first-order chi connectivity index (χ1) is 15.1. The zero-order valence-corrected chi connectivity index (χ0v) is 17.9. The molecule has 0 unspecified atom stereocenters. The molecule has 3 heterocycles. The molecule has 164 valence electrons. The van der Waals surface area contributed by atoms with E-state index >= 15 is 0 Å². The third-order valence-electron chi connectivity index (χ3n) is 6.11. The summed E-state index contributed by atoms with van der Waals surface area (Å²) in [6.07, 6.45) is 5.46. The number of piperidine rings is 1. The smallest absolute Gasteiger partial charge is 0.227 e. The molecule has 2 aliphatic rings. The first kappa shape index (κ1) is 21.1. The topological polar surface area (TPSA) is 78.9 Å². The van der Waals surface area contributed by atoms with Crippen molar-refractivity contribution in [3.63, 3.8) is 0 Å². The number of amides is 2. The summed E-state index contributed by atoms with van der Waals surface area (Å²) in [5.41, 5.74) is 0.942. The van der Waals surface area contributed by atoms with Crippen molar-refractivity contribution in [2.45, 2.75) is 19.3 Å². The minimum Gasteiger partial charge on any atom is -0.497 e. The van der Waals surface area contributed by atoms with Gasteiger partial charge >= 0.3 is 0 Å². The Kier molecular flexibility index (Phi) is 6.64. The first-order valence-corrected chi connectivity index (χ1v) is 10.9. The van der Waals surface area contributed by atoms with E-state index < -0.39 is 0 Å². The largest absolute Gasteiger partial charge is 0.497 e. The fourth-order valence-electron chi connectivity index (χ4n) is 4.28. The second-order valence-corrected chi connectivity index (χ2v) is 8.04. The van der Waals surface area contributed by atoms with E-state index in [9.17, 15) is 9.59 Å². The van der Waals surface area contributed by atoms with Crippen LogP contribution in [0.5, 0.6) is 5.75 Å². The number of piperazine rings is 1. The van der Waals surface area contributed by atoms with Crippen molar-refractivity contribution in [2.75, 3.05) is 51.3 Å². The lowest BCUT2D eigenvalue weighted by atomic mass is 9.95. The van der Waals surface area contributed by atoms with Gasteiger partial charge in [0.1, 0.15) is 5.75 Å². The number of methoxy groups -OCH3 is 1. The maximum atomic E-state index is 13.0. The quantitative estimate of drug-likeness (QED) is 0.727. The number of aromatic nitrogens is 2. The Labute approximate surface area is 182 Å². The molecule has 31 heavy (non-hydrogen) atoms. The molecule has 1 aromatic heterocycles. The molecule has 4 rings (SSSR count). The third-order valence-corrected chi connectivity index (χ3v) is 6.11. The van der Waals surface area contributed by atoms with Gasteiger partial charge in [0.05, 0.1) is 13.5 Å². The fraction of sp³-hybridized carbons (Fsp3) is 0.478. The Bertz CT molecular complexity index is 891. The number of carbonyl (C=O) groups excluding carboxylic acids is 2. The molecule has 0 N–H and O–H groups in total. The van der Waals surface area contributed by atoms with E-state index in [1.54, 1.807) is 25.6 Å². The first-order valence-electron chi connectivity index (χ1n) is 10.9. The van der Waals surface area contributed by atoms with Crippen LogP contribution in [-0.4, -0.2) is 78.0 Å². The van der Waals surface area contributed by atoms with E-state index in [0.717, 1.165) is 43.2 Å². The molecule has 2 saturated heterocycles. The number of hydrogen-bond donors (Lipinski definition) is 0. The standard InChI is InChI=1S/C23H29N5O3/c1-31-20-5-2-4-18(16-20)17-21(29)26-12-14-27(15-13-26)22(30)19-6-10-28(11-7-19)23-24-8-3-9-25-23/h2-5,8-9,16,19H,6-7,10-15,17H2,1H3. The van der Waals surface area contributed by atoms with Crippen molar-refractivity contribution in [2.24, 2.45) is 5.92 Å². The number of nitrogens with zero attached hydrogens (tertiary/aromatic N) is 5. The summed E-state index contributed by atoms with van der Waals surface area (Å²) in [7, 11) is 1.62. The minimum atomic E-state index is 0.0407. The highest BCUT2D eigenvalue weighted by molar-refractivity contribution is 5.81. The number of hydrogen-bond acceptors (Lipinski definition) is 6. The van der Waals surface area contributed by atoms with Gasteiger partial charge in [-0.05, 0) is 36.6 Å². The molecule has 1 aromatic carbocycles. The Morgan fingerprint density at radius 3 is 2.32 bits per heavy atom. The number of ether oxygens (including phenoxy) is 1. The van der Waals surface area contributed by atoms with Crippen molar-refractivity contribution in [3.05, 3.63) is 48.3 Å². The van der Waals surface area contributed by atoms with Crippen LogP contribution in [0.25, 0.3) is 0 Å². The lowest BCUT2D eigenvalue weighted by Crippen LogP contribution is -2.53. The van der Waals surface area contributed by atoms with Crippen LogP contribution in [0.2, 0.25) is 0 Å². The van der Waals surface area contributed by atoms with Crippen molar-refractivity contribution >= 4 is 17.8 Å². The van der Waals surface area contributed by atoms with Crippen LogP contribution in [0.4, 0.5) is 5.95 Å². The van der Waals surface area contributed by atoms with Crippen LogP contribution < -0.4 is 9.64 Å². The molecule has 8 heteroatoms. The molecule has 0 radical (unpaired) electrons. The Hall–Kier alpha value is -3.16. The normalized spacial score (nSPS) is 17.5. The number of carbonyl (C=O) groups is 2. The van der Waals surface area contributed by atoms with E-state index in [2.05, 4.69) is 14.9 Å². The van der Waals surface area contributed by atoms with Crippen molar-refractivity contribution in [3.8, 4) is 5.75 Å². The Morgan fingerprint density at radius 1 is 0.968 bits per heavy atom. The molecule has 0 spiro atoms. The van der Waals surface area contributed by atoms with Gasteiger partial charge in [-0.15, -0.1) is 0 Å². The molecular formula is C23H29N5O3. The lowest BCUT2D eigenvalue weighted by Gasteiger charge is -2.38. The van der Waals surface area contributed by atoms with Gasteiger partial charge in [0.25, 0.3) is 0 Å². The zero-order chi connectivity index (χ0) is 21.6. The van der Waals surface area contributed by atoms with Crippen LogP contribution in [0.1, 0.15) is 18.4 Å². The maximum absolute atomic E-state index is 13.0. The highest BCUT2D eigenvalue weighted by atomic mass is 16.5. The second kappa shape index (κ2) is 9.76.